The lowest BCUT2D eigenvalue weighted by atomic mass is 9.74. The minimum Gasteiger partial charge on any atom is -0.496 e. The van der Waals surface area contributed by atoms with Crippen LogP contribution < -0.4 is 10.5 Å². The summed E-state index contributed by atoms with van der Waals surface area (Å²) >= 11 is 0. The summed E-state index contributed by atoms with van der Waals surface area (Å²) in [5.74, 6) is 0.823. The Hall–Kier alpha value is -1.55. The van der Waals surface area contributed by atoms with E-state index in [1.54, 1.807) is 19.1 Å². The summed E-state index contributed by atoms with van der Waals surface area (Å²) in [4.78, 5) is 14.4. The standard InChI is InChI=1S/C17H28N2O2/c1-12-8-9-14(21-7)13(10-12)11-19(6)15(20)16(2,3)17(4,5)18/h8-10H,11,18H2,1-7H3. The van der Waals surface area contributed by atoms with Crippen LogP contribution in [0.4, 0.5) is 0 Å². The Balaban J connectivity index is 2.99. The minimum absolute atomic E-state index is 0.0264. The number of hydrogen-bond donors (Lipinski definition) is 1. The van der Waals surface area contributed by atoms with Gasteiger partial charge in [-0.05, 0) is 40.7 Å². The van der Waals surface area contributed by atoms with Gasteiger partial charge < -0.3 is 15.4 Å². The van der Waals surface area contributed by atoms with Crippen LogP contribution in [0.3, 0.4) is 0 Å². The van der Waals surface area contributed by atoms with E-state index >= 15 is 0 Å². The first-order valence-corrected chi connectivity index (χ1v) is 7.18. The Morgan fingerprint density at radius 1 is 1.29 bits per heavy atom. The fourth-order valence-corrected chi connectivity index (χ4v) is 2.11. The number of nitrogens with zero attached hydrogens (tertiary/aromatic N) is 1. The summed E-state index contributed by atoms with van der Waals surface area (Å²) in [6.45, 7) is 10.1. The number of benzene rings is 1. The van der Waals surface area contributed by atoms with Crippen molar-refractivity contribution in [3.05, 3.63) is 29.3 Å². The van der Waals surface area contributed by atoms with Crippen molar-refractivity contribution in [1.29, 1.82) is 0 Å². The van der Waals surface area contributed by atoms with Gasteiger partial charge in [0.1, 0.15) is 5.75 Å². The average Bonchev–Trinajstić information content (AvgIpc) is 2.36. The molecule has 0 heterocycles. The Kier molecular flexibility index (Phi) is 5.05. The van der Waals surface area contributed by atoms with E-state index in [1.165, 1.54) is 0 Å². The number of aryl methyl sites for hydroxylation is 1. The number of ether oxygens (including phenoxy) is 1. The summed E-state index contributed by atoms with van der Waals surface area (Å²) < 4.78 is 5.37. The van der Waals surface area contributed by atoms with Crippen molar-refractivity contribution in [3.63, 3.8) is 0 Å². The zero-order valence-electron chi connectivity index (χ0n) is 14.3. The third kappa shape index (κ3) is 3.76. The number of methoxy groups -OCH3 is 1. The highest BCUT2D eigenvalue weighted by Crippen LogP contribution is 2.31. The summed E-state index contributed by atoms with van der Waals surface area (Å²) in [6.07, 6.45) is 0. The van der Waals surface area contributed by atoms with Gasteiger partial charge in [0.25, 0.3) is 0 Å². The van der Waals surface area contributed by atoms with Crippen LogP contribution in [-0.2, 0) is 11.3 Å². The molecule has 0 bridgehead atoms. The quantitative estimate of drug-likeness (QED) is 0.908. The fraction of sp³-hybridized carbons (Fsp3) is 0.588. The van der Waals surface area contributed by atoms with Crippen LogP contribution in [0.15, 0.2) is 18.2 Å². The first-order valence-electron chi connectivity index (χ1n) is 7.18. The van der Waals surface area contributed by atoms with Gasteiger partial charge in [-0.15, -0.1) is 0 Å². The minimum atomic E-state index is -0.640. The van der Waals surface area contributed by atoms with Gasteiger partial charge in [0.15, 0.2) is 0 Å². The van der Waals surface area contributed by atoms with Gasteiger partial charge >= 0.3 is 0 Å². The maximum atomic E-state index is 12.7. The second kappa shape index (κ2) is 6.06. The van der Waals surface area contributed by atoms with E-state index in [1.807, 2.05) is 52.8 Å². The molecule has 0 saturated carbocycles. The molecule has 4 heteroatoms. The van der Waals surface area contributed by atoms with Crippen molar-refractivity contribution in [2.45, 2.75) is 46.7 Å². The Labute approximate surface area is 128 Å². The lowest BCUT2D eigenvalue weighted by molar-refractivity contribution is -0.142. The summed E-state index contributed by atoms with van der Waals surface area (Å²) in [5, 5.41) is 0. The first-order chi connectivity index (χ1) is 9.50. The molecule has 118 valence electrons. The van der Waals surface area contributed by atoms with Crippen molar-refractivity contribution in [3.8, 4) is 5.75 Å². The highest BCUT2D eigenvalue weighted by molar-refractivity contribution is 5.83. The van der Waals surface area contributed by atoms with E-state index < -0.39 is 11.0 Å². The highest BCUT2D eigenvalue weighted by Gasteiger charge is 2.42. The van der Waals surface area contributed by atoms with Crippen LogP contribution in [0, 0.1) is 12.3 Å². The highest BCUT2D eigenvalue weighted by atomic mass is 16.5. The largest absolute Gasteiger partial charge is 0.496 e. The van der Waals surface area contributed by atoms with E-state index in [2.05, 4.69) is 0 Å². The average molecular weight is 292 g/mol. The van der Waals surface area contributed by atoms with Crippen LogP contribution in [0.5, 0.6) is 5.75 Å². The Morgan fingerprint density at radius 3 is 2.33 bits per heavy atom. The second-order valence-electron chi connectivity index (χ2n) is 6.82. The number of nitrogens with two attached hydrogens (primary N) is 1. The van der Waals surface area contributed by atoms with Crippen molar-refractivity contribution in [2.24, 2.45) is 11.1 Å². The van der Waals surface area contributed by atoms with E-state index in [9.17, 15) is 4.79 Å². The molecule has 4 nitrogen and oxygen atoms in total. The molecule has 0 saturated heterocycles. The van der Waals surface area contributed by atoms with Gasteiger partial charge in [0.05, 0.1) is 12.5 Å². The Morgan fingerprint density at radius 2 is 1.86 bits per heavy atom. The van der Waals surface area contributed by atoms with E-state index in [4.69, 9.17) is 10.5 Å². The predicted octanol–water partition coefficient (Wildman–Crippen LogP) is 2.73. The summed E-state index contributed by atoms with van der Waals surface area (Å²) in [5.41, 5.74) is 7.07. The third-order valence-corrected chi connectivity index (χ3v) is 4.34. The molecule has 0 spiro atoms. The molecule has 1 rings (SSSR count). The molecule has 1 amide bonds. The lowest BCUT2D eigenvalue weighted by Crippen LogP contribution is -2.55. The van der Waals surface area contributed by atoms with Gasteiger partial charge in [-0.1, -0.05) is 17.7 Å². The number of carbonyl (C=O) groups is 1. The van der Waals surface area contributed by atoms with Gasteiger partial charge in [0.2, 0.25) is 5.91 Å². The smallest absolute Gasteiger partial charge is 0.230 e. The van der Waals surface area contributed by atoms with Crippen LogP contribution in [0.1, 0.15) is 38.8 Å². The molecule has 1 aromatic carbocycles. The molecule has 1 aromatic rings. The van der Waals surface area contributed by atoms with Crippen molar-refractivity contribution >= 4 is 5.91 Å². The molecular weight excluding hydrogens is 264 g/mol. The molecule has 0 aliphatic carbocycles. The molecule has 0 aromatic heterocycles. The molecule has 0 atom stereocenters. The molecule has 2 N–H and O–H groups in total. The monoisotopic (exact) mass is 292 g/mol. The SMILES string of the molecule is COc1ccc(C)cc1CN(C)C(=O)C(C)(C)C(C)(C)N. The Bertz CT molecular complexity index is 516. The molecule has 0 aliphatic heterocycles. The third-order valence-electron chi connectivity index (χ3n) is 4.34. The van der Waals surface area contributed by atoms with E-state index in [0.717, 1.165) is 16.9 Å². The van der Waals surface area contributed by atoms with Gasteiger partial charge in [-0.2, -0.15) is 0 Å². The molecule has 21 heavy (non-hydrogen) atoms. The van der Waals surface area contributed by atoms with Crippen LogP contribution in [0.25, 0.3) is 0 Å². The van der Waals surface area contributed by atoms with Gasteiger partial charge in [-0.3, -0.25) is 4.79 Å². The molecule has 0 radical (unpaired) electrons. The fourth-order valence-electron chi connectivity index (χ4n) is 2.11. The maximum Gasteiger partial charge on any atom is 0.230 e. The molecule has 0 aliphatic rings. The maximum absolute atomic E-state index is 12.7. The van der Waals surface area contributed by atoms with Crippen LogP contribution in [0.2, 0.25) is 0 Å². The van der Waals surface area contributed by atoms with Crippen molar-refractivity contribution in [1.82, 2.24) is 4.90 Å². The van der Waals surface area contributed by atoms with Gasteiger partial charge in [-0.25, -0.2) is 0 Å². The summed E-state index contributed by atoms with van der Waals surface area (Å²) in [6, 6.07) is 5.97. The van der Waals surface area contributed by atoms with E-state index in [0.29, 0.717) is 6.54 Å². The topological polar surface area (TPSA) is 55.6 Å². The van der Waals surface area contributed by atoms with Crippen LogP contribution >= 0.6 is 0 Å². The zero-order valence-corrected chi connectivity index (χ0v) is 14.3. The second-order valence-corrected chi connectivity index (χ2v) is 6.82. The summed E-state index contributed by atoms with van der Waals surface area (Å²) in [7, 11) is 3.44. The number of amides is 1. The number of hydrogen-bond acceptors (Lipinski definition) is 3. The molecular formula is C17H28N2O2. The number of carbonyl (C=O) groups excluding carboxylic acids is 1. The number of rotatable bonds is 5. The van der Waals surface area contributed by atoms with Crippen molar-refractivity contribution < 1.29 is 9.53 Å². The van der Waals surface area contributed by atoms with Crippen molar-refractivity contribution in [2.75, 3.05) is 14.2 Å². The normalized spacial score (nSPS) is 12.2. The molecule has 0 unspecified atom stereocenters. The van der Waals surface area contributed by atoms with Gasteiger partial charge in [0, 0.05) is 24.7 Å². The predicted molar refractivity (Wildman–Crippen MR) is 86.3 cm³/mol. The van der Waals surface area contributed by atoms with Crippen LogP contribution in [-0.4, -0.2) is 30.5 Å². The molecule has 0 fully saturated rings. The zero-order chi connectivity index (χ0) is 16.4. The lowest BCUT2D eigenvalue weighted by Gasteiger charge is -2.39. The van der Waals surface area contributed by atoms with E-state index in [-0.39, 0.29) is 5.91 Å². The first kappa shape index (κ1) is 17.5.